The summed E-state index contributed by atoms with van der Waals surface area (Å²) >= 11 is 0. The molecule has 2 amide bonds. The first-order valence-corrected chi connectivity index (χ1v) is 10.2. The zero-order chi connectivity index (χ0) is 20.8. The van der Waals surface area contributed by atoms with Crippen LogP contribution in [-0.4, -0.2) is 56.5 Å². The molecule has 6 heteroatoms. The van der Waals surface area contributed by atoms with E-state index in [2.05, 4.69) is 29.1 Å². The van der Waals surface area contributed by atoms with Crippen LogP contribution in [0.4, 0.5) is 17.1 Å². The normalized spacial score (nSPS) is 14.5. The highest BCUT2D eigenvalue weighted by Gasteiger charge is 2.18. The lowest BCUT2D eigenvalue weighted by atomic mass is 10.1. The maximum atomic E-state index is 12.6. The Hall–Kier alpha value is -2.86. The zero-order valence-corrected chi connectivity index (χ0v) is 17.5. The van der Waals surface area contributed by atoms with Crippen LogP contribution in [-0.2, 0) is 16.0 Å². The number of likely N-dealkylation sites (N-methyl/N-ethyl adjacent to an activating group) is 1. The molecule has 154 valence electrons. The molecule has 2 aromatic rings. The number of rotatable bonds is 6. The van der Waals surface area contributed by atoms with Crippen molar-refractivity contribution in [3.63, 3.8) is 0 Å². The Morgan fingerprint density at radius 2 is 1.66 bits per heavy atom. The van der Waals surface area contributed by atoms with Crippen molar-refractivity contribution < 1.29 is 9.59 Å². The number of nitrogens with zero attached hydrogens (tertiary/aromatic N) is 3. The molecular formula is C23H30N4O2. The third kappa shape index (κ3) is 5.35. The minimum Gasteiger partial charge on any atom is -0.369 e. The first kappa shape index (κ1) is 20.9. The van der Waals surface area contributed by atoms with Gasteiger partial charge in [-0.1, -0.05) is 25.1 Å². The Morgan fingerprint density at radius 1 is 1.00 bits per heavy atom. The maximum Gasteiger partial charge on any atom is 0.244 e. The number of aryl methyl sites for hydroxylation is 1. The van der Waals surface area contributed by atoms with Gasteiger partial charge < -0.3 is 20.0 Å². The molecule has 3 rings (SSSR count). The quantitative estimate of drug-likeness (QED) is 0.818. The largest absolute Gasteiger partial charge is 0.369 e. The van der Waals surface area contributed by atoms with Crippen molar-refractivity contribution in [2.45, 2.75) is 20.3 Å². The van der Waals surface area contributed by atoms with Crippen LogP contribution in [0.25, 0.3) is 0 Å². The predicted octanol–water partition coefficient (Wildman–Crippen LogP) is 2.99. The summed E-state index contributed by atoms with van der Waals surface area (Å²) in [6.45, 7) is 7.59. The van der Waals surface area contributed by atoms with Crippen LogP contribution in [0.3, 0.4) is 0 Å². The number of hydrogen-bond donors (Lipinski definition) is 1. The SMILES string of the molecule is CCc1ccccc1NC(=O)CN(C(C)=O)c1ccc(N2CCN(C)CC2)cc1. The second kappa shape index (κ2) is 9.56. The van der Waals surface area contributed by atoms with Crippen molar-refractivity contribution in [3.8, 4) is 0 Å². The molecule has 0 unspecified atom stereocenters. The molecule has 1 aliphatic rings. The van der Waals surface area contributed by atoms with E-state index in [0.717, 1.165) is 55.2 Å². The zero-order valence-electron chi connectivity index (χ0n) is 17.5. The summed E-state index contributed by atoms with van der Waals surface area (Å²) < 4.78 is 0. The van der Waals surface area contributed by atoms with Crippen molar-refractivity contribution in [1.82, 2.24) is 4.90 Å². The van der Waals surface area contributed by atoms with Gasteiger partial charge in [0.1, 0.15) is 6.54 Å². The Bertz CT molecular complexity index is 842. The first-order chi connectivity index (χ1) is 14.0. The van der Waals surface area contributed by atoms with Crippen LogP contribution in [0.5, 0.6) is 0 Å². The van der Waals surface area contributed by atoms with Gasteiger partial charge in [-0.05, 0) is 49.4 Å². The lowest BCUT2D eigenvalue weighted by Gasteiger charge is -2.34. The lowest BCUT2D eigenvalue weighted by Crippen LogP contribution is -2.44. The van der Waals surface area contributed by atoms with Gasteiger partial charge in [0, 0.05) is 50.2 Å². The van der Waals surface area contributed by atoms with E-state index in [9.17, 15) is 9.59 Å². The molecule has 29 heavy (non-hydrogen) atoms. The second-order valence-electron chi connectivity index (χ2n) is 7.47. The average molecular weight is 395 g/mol. The van der Waals surface area contributed by atoms with Gasteiger partial charge in [-0.2, -0.15) is 0 Å². The minimum atomic E-state index is -0.204. The van der Waals surface area contributed by atoms with Crippen LogP contribution >= 0.6 is 0 Å². The molecular weight excluding hydrogens is 364 g/mol. The number of piperazine rings is 1. The minimum absolute atomic E-state index is 0.0127. The van der Waals surface area contributed by atoms with Crippen molar-refractivity contribution in [1.29, 1.82) is 0 Å². The third-order valence-corrected chi connectivity index (χ3v) is 5.38. The number of carbonyl (C=O) groups is 2. The van der Waals surface area contributed by atoms with Crippen LogP contribution < -0.4 is 15.1 Å². The second-order valence-corrected chi connectivity index (χ2v) is 7.47. The molecule has 1 N–H and O–H groups in total. The third-order valence-electron chi connectivity index (χ3n) is 5.38. The summed E-state index contributed by atoms with van der Waals surface area (Å²) in [6.07, 6.45) is 0.834. The predicted molar refractivity (Wildman–Crippen MR) is 119 cm³/mol. The van der Waals surface area contributed by atoms with Crippen LogP contribution in [0.15, 0.2) is 48.5 Å². The monoisotopic (exact) mass is 394 g/mol. The fraction of sp³-hybridized carbons (Fsp3) is 0.391. The van der Waals surface area contributed by atoms with E-state index >= 15 is 0 Å². The summed E-state index contributed by atoms with van der Waals surface area (Å²) in [5, 5.41) is 2.94. The standard InChI is InChI=1S/C23H30N4O2/c1-4-19-7-5-6-8-22(19)24-23(29)17-27(18(2)28)21-11-9-20(10-12-21)26-15-13-25(3)14-16-26/h5-12H,4,13-17H2,1-3H3,(H,24,29). The molecule has 1 heterocycles. The molecule has 0 spiro atoms. The molecule has 0 bridgehead atoms. The number of carbonyl (C=O) groups excluding carboxylic acids is 2. The van der Waals surface area contributed by atoms with E-state index in [-0.39, 0.29) is 18.4 Å². The fourth-order valence-corrected chi connectivity index (χ4v) is 3.58. The number of anilines is 3. The Morgan fingerprint density at radius 3 is 2.28 bits per heavy atom. The first-order valence-electron chi connectivity index (χ1n) is 10.2. The van der Waals surface area contributed by atoms with Crippen molar-refractivity contribution in [2.75, 3.05) is 54.9 Å². The Kier molecular flexibility index (Phi) is 6.88. The van der Waals surface area contributed by atoms with Gasteiger partial charge in [-0.15, -0.1) is 0 Å². The molecule has 1 saturated heterocycles. The highest BCUT2D eigenvalue weighted by Crippen LogP contribution is 2.22. The van der Waals surface area contributed by atoms with Crippen molar-refractivity contribution >= 4 is 28.9 Å². The van der Waals surface area contributed by atoms with Gasteiger partial charge in [-0.3, -0.25) is 9.59 Å². The van der Waals surface area contributed by atoms with Gasteiger partial charge in [-0.25, -0.2) is 0 Å². The summed E-state index contributed by atoms with van der Waals surface area (Å²) in [5.41, 5.74) is 3.75. The summed E-state index contributed by atoms with van der Waals surface area (Å²) in [5.74, 6) is -0.361. The highest BCUT2D eigenvalue weighted by atomic mass is 16.2. The van der Waals surface area contributed by atoms with E-state index in [0.29, 0.717) is 0 Å². The lowest BCUT2D eigenvalue weighted by molar-refractivity contribution is -0.120. The number of benzene rings is 2. The van der Waals surface area contributed by atoms with Crippen LogP contribution in [0.2, 0.25) is 0 Å². The smallest absolute Gasteiger partial charge is 0.244 e. The van der Waals surface area contributed by atoms with E-state index in [1.807, 2.05) is 48.5 Å². The molecule has 2 aromatic carbocycles. The van der Waals surface area contributed by atoms with Gasteiger partial charge >= 0.3 is 0 Å². The number of nitrogens with one attached hydrogen (secondary N) is 1. The molecule has 0 aromatic heterocycles. The summed E-state index contributed by atoms with van der Waals surface area (Å²) in [6, 6.07) is 15.6. The van der Waals surface area contributed by atoms with E-state index in [1.54, 1.807) is 0 Å². The van der Waals surface area contributed by atoms with E-state index in [4.69, 9.17) is 0 Å². The fourth-order valence-electron chi connectivity index (χ4n) is 3.58. The maximum absolute atomic E-state index is 12.6. The van der Waals surface area contributed by atoms with Crippen molar-refractivity contribution in [2.24, 2.45) is 0 Å². The molecule has 0 saturated carbocycles. The van der Waals surface area contributed by atoms with Crippen LogP contribution in [0, 0.1) is 0 Å². The topological polar surface area (TPSA) is 55.9 Å². The van der Waals surface area contributed by atoms with Gasteiger partial charge in [0.2, 0.25) is 11.8 Å². The van der Waals surface area contributed by atoms with Gasteiger partial charge in [0.05, 0.1) is 0 Å². The number of para-hydroxylation sites is 1. The summed E-state index contributed by atoms with van der Waals surface area (Å²) in [4.78, 5) is 31.0. The van der Waals surface area contributed by atoms with Gasteiger partial charge in [0.25, 0.3) is 0 Å². The van der Waals surface area contributed by atoms with Crippen molar-refractivity contribution in [3.05, 3.63) is 54.1 Å². The Labute approximate surface area is 173 Å². The molecule has 1 aliphatic heterocycles. The molecule has 0 radical (unpaired) electrons. The molecule has 1 fully saturated rings. The molecule has 0 aliphatic carbocycles. The number of amides is 2. The Balaban J connectivity index is 1.67. The van der Waals surface area contributed by atoms with E-state index < -0.39 is 0 Å². The average Bonchev–Trinajstić information content (AvgIpc) is 2.73. The highest BCUT2D eigenvalue weighted by molar-refractivity contribution is 6.02. The molecule has 0 atom stereocenters. The van der Waals surface area contributed by atoms with E-state index in [1.165, 1.54) is 11.8 Å². The van der Waals surface area contributed by atoms with Gasteiger partial charge in [0.15, 0.2) is 0 Å². The summed E-state index contributed by atoms with van der Waals surface area (Å²) in [7, 11) is 2.13. The number of hydrogen-bond acceptors (Lipinski definition) is 4. The molecule has 6 nitrogen and oxygen atoms in total. The van der Waals surface area contributed by atoms with Crippen LogP contribution in [0.1, 0.15) is 19.4 Å².